The lowest BCUT2D eigenvalue weighted by Crippen LogP contribution is -2.21. The molecule has 0 bridgehead atoms. The highest BCUT2D eigenvalue weighted by molar-refractivity contribution is 7.10. The molecule has 0 saturated heterocycles. The van der Waals surface area contributed by atoms with Crippen LogP contribution in [0.5, 0.6) is 11.5 Å². The molecule has 0 aliphatic rings. The summed E-state index contributed by atoms with van der Waals surface area (Å²) in [7, 11) is 1.74. The van der Waals surface area contributed by atoms with E-state index in [0.717, 1.165) is 24.5 Å². The second kappa shape index (κ2) is 10.5. The molecule has 1 heterocycles. The van der Waals surface area contributed by atoms with E-state index >= 15 is 0 Å². The van der Waals surface area contributed by atoms with Gasteiger partial charge >= 0.3 is 0 Å². The lowest BCUT2D eigenvalue weighted by Gasteiger charge is -2.22. The van der Waals surface area contributed by atoms with Gasteiger partial charge in [0.1, 0.15) is 11.5 Å². The molecular weight excluding hydrogens is 378 g/mol. The van der Waals surface area contributed by atoms with Crippen molar-refractivity contribution in [2.75, 3.05) is 13.7 Å². The number of nitrogens with one attached hydrogen (secondary N) is 1. The Morgan fingerprint density at radius 2 is 1.69 bits per heavy atom. The van der Waals surface area contributed by atoms with Crippen LogP contribution in [-0.2, 0) is 0 Å². The van der Waals surface area contributed by atoms with E-state index < -0.39 is 0 Å². The van der Waals surface area contributed by atoms with Gasteiger partial charge in [0.15, 0.2) is 0 Å². The molecule has 29 heavy (non-hydrogen) atoms. The average molecular weight is 410 g/mol. The van der Waals surface area contributed by atoms with Gasteiger partial charge in [-0.1, -0.05) is 36.4 Å². The summed E-state index contributed by atoms with van der Waals surface area (Å²) in [5.74, 6) is 2.10. The summed E-state index contributed by atoms with van der Waals surface area (Å²) in [5.41, 5.74) is 2.49. The minimum Gasteiger partial charge on any atom is -0.496 e. The van der Waals surface area contributed by atoms with E-state index in [-0.39, 0.29) is 12.0 Å². The number of ether oxygens (including phenoxy) is 2. The number of hydrogen-bond acceptors (Lipinski definition) is 4. The smallest absolute Gasteiger partial charge is 0.122 e. The van der Waals surface area contributed by atoms with E-state index in [1.807, 2.05) is 26.0 Å². The van der Waals surface area contributed by atoms with Crippen LogP contribution in [0.3, 0.4) is 0 Å². The first-order valence-corrected chi connectivity index (χ1v) is 11.1. The molecule has 2 unspecified atom stereocenters. The van der Waals surface area contributed by atoms with Crippen LogP contribution in [0.2, 0.25) is 0 Å². The zero-order chi connectivity index (χ0) is 20.6. The van der Waals surface area contributed by atoms with Crippen molar-refractivity contribution in [3.63, 3.8) is 0 Å². The summed E-state index contributed by atoms with van der Waals surface area (Å²) < 4.78 is 11.5. The fourth-order valence-electron chi connectivity index (χ4n) is 3.59. The zero-order valence-corrected chi connectivity index (χ0v) is 18.5. The van der Waals surface area contributed by atoms with Gasteiger partial charge < -0.3 is 14.8 Å². The molecule has 0 spiro atoms. The molecule has 2 aromatic carbocycles. The van der Waals surface area contributed by atoms with Crippen LogP contribution in [0.15, 0.2) is 66.0 Å². The Hall–Kier alpha value is -2.30. The number of para-hydroxylation sites is 1. The third-order valence-corrected chi connectivity index (χ3v) is 6.08. The Labute approximate surface area is 178 Å². The molecule has 3 nitrogen and oxygen atoms in total. The quantitative estimate of drug-likeness (QED) is 0.419. The van der Waals surface area contributed by atoms with Crippen molar-refractivity contribution in [1.82, 2.24) is 5.32 Å². The monoisotopic (exact) mass is 409 g/mol. The third-order valence-electron chi connectivity index (χ3n) is 5.02. The van der Waals surface area contributed by atoms with E-state index in [1.54, 1.807) is 18.4 Å². The summed E-state index contributed by atoms with van der Waals surface area (Å²) in [6, 6.07) is 21.5. The predicted molar refractivity (Wildman–Crippen MR) is 122 cm³/mol. The molecule has 4 heteroatoms. The van der Waals surface area contributed by atoms with Gasteiger partial charge in [-0.2, -0.15) is 0 Å². The van der Waals surface area contributed by atoms with Crippen molar-refractivity contribution in [1.29, 1.82) is 0 Å². The highest BCUT2D eigenvalue weighted by Crippen LogP contribution is 2.35. The van der Waals surface area contributed by atoms with Crippen LogP contribution in [0.4, 0.5) is 0 Å². The first-order chi connectivity index (χ1) is 14.1. The second-order valence-corrected chi connectivity index (χ2v) is 8.49. The van der Waals surface area contributed by atoms with Gasteiger partial charge in [-0.15, -0.1) is 11.3 Å². The first-order valence-electron chi connectivity index (χ1n) is 10.2. The van der Waals surface area contributed by atoms with Crippen molar-refractivity contribution in [3.05, 3.63) is 82.0 Å². The molecule has 0 radical (unpaired) electrons. The number of rotatable bonds is 10. The molecule has 0 aliphatic carbocycles. The van der Waals surface area contributed by atoms with Crippen molar-refractivity contribution in [3.8, 4) is 11.5 Å². The largest absolute Gasteiger partial charge is 0.496 e. The molecule has 0 saturated carbocycles. The molecule has 3 aromatic rings. The highest BCUT2D eigenvalue weighted by atomic mass is 32.1. The molecule has 0 fully saturated rings. The van der Waals surface area contributed by atoms with Crippen LogP contribution in [0.1, 0.15) is 55.2 Å². The van der Waals surface area contributed by atoms with Crippen LogP contribution < -0.4 is 14.8 Å². The van der Waals surface area contributed by atoms with Crippen LogP contribution in [0.25, 0.3) is 0 Å². The molecule has 1 aromatic heterocycles. The summed E-state index contributed by atoms with van der Waals surface area (Å²) in [6.07, 6.45) is 1.16. The molecule has 0 aliphatic heterocycles. The van der Waals surface area contributed by atoms with Gasteiger partial charge in [0, 0.05) is 22.4 Å². The maximum atomic E-state index is 5.82. The maximum Gasteiger partial charge on any atom is 0.122 e. The van der Waals surface area contributed by atoms with Crippen LogP contribution >= 0.6 is 11.3 Å². The summed E-state index contributed by atoms with van der Waals surface area (Å²) in [6.45, 7) is 7.24. The Bertz CT molecular complexity index is 859. The van der Waals surface area contributed by atoms with E-state index in [4.69, 9.17) is 9.47 Å². The van der Waals surface area contributed by atoms with E-state index in [1.165, 1.54) is 16.0 Å². The predicted octanol–water partition coefficient (Wildman–Crippen LogP) is 6.42. The average Bonchev–Trinajstić information content (AvgIpc) is 3.26. The minimum atomic E-state index is 0.175. The topological polar surface area (TPSA) is 30.5 Å². The van der Waals surface area contributed by atoms with Crippen LogP contribution in [-0.4, -0.2) is 19.8 Å². The van der Waals surface area contributed by atoms with Gasteiger partial charge in [-0.25, -0.2) is 0 Å². The maximum absolute atomic E-state index is 5.82. The van der Waals surface area contributed by atoms with Crippen molar-refractivity contribution < 1.29 is 9.47 Å². The normalized spacial score (nSPS) is 13.3. The summed E-state index contributed by atoms with van der Waals surface area (Å²) >= 11 is 1.80. The van der Waals surface area contributed by atoms with Crippen molar-refractivity contribution in [2.24, 2.45) is 0 Å². The zero-order valence-electron chi connectivity index (χ0n) is 17.7. The van der Waals surface area contributed by atoms with Gasteiger partial charge in [0.05, 0.1) is 13.2 Å². The number of methoxy groups -OCH3 is 1. The first kappa shape index (κ1) is 21.4. The third kappa shape index (κ3) is 5.84. The number of benzene rings is 2. The molecule has 2 atom stereocenters. The standard InChI is InChI=1S/C25H31NO2S/c1-18(2)28-21-13-11-20(12-14-21)22(23-8-5-6-9-24(23)27-4)15-16-26-19(3)25-10-7-17-29-25/h5-14,17-19,22,26H,15-16H2,1-4H3. The van der Waals surface area contributed by atoms with Gasteiger partial charge in [0.2, 0.25) is 0 Å². The number of thiophene rings is 1. The van der Waals surface area contributed by atoms with Gasteiger partial charge in [0.25, 0.3) is 0 Å². The Kier molecular flexibility index (Phi) is 7.73. The molecule has 0 amide bonds. The highest BCUT2D eigenvalue weighted by Gasteiger charge is 2.19. The van der Waals surface area contributed by atoms with E-state index in [2.05, 4.69) is 66.2 Å². The fraction of sp³-hybridized carbons (Fsp3) is 0.360. The van der Waals surface area contributed by atoms with E-state index in [9.17, 15) is 0 Å². The number of hydrogen-bond donors (Lipinski definition) is 1. The SMILES string of the molecule is COc1ccccc1C(CCNC(C)c1cccs1)c1ccc(OC(C)C)cc1. The molecule has 3 rings (SSSR count). The summed E-state index contributed by atoms with van der Waals surface area (Å²) in [5, 5.41) is 5.81. The Morgan fingerprint density at radius 3 is 2.34 bits per heavy atom. The molecule has 1 N–H and O–H groups in total. The van der Waals surface area contributed by atoms with Gasteiger partial charge in [-0.3, -0.25) is 0 Å². The Morgan fingerprint density at radius 1 is 0.931 bits per heavy atom. The molecule has 154 valence electrons. The minimum absolute atomic E-state index is 0.175. The van der Waals surface area contributed by atoms with E-state index in [0.29, 0.717) is 6.04 Å². The lowest BCUT2D eigenvalue weighted by atomic mass is 9.87. The Balaban J connectivity index is 1.78. The van der Waals surface area contributed by atoms with Gasteiger partial charge in [-0.05, 0) is 68.9 Å². The fourth-order valence-corrected chi connectivity index (χ4v) is 4.35. The van der Waals surface area contributed by atoms with Crippen LogP contribution in [0, 0.1) is 0 Å². The second-order valence-electron chi connectivity index (χ2n) is 7.51. The lowest BCUT2D eigenvalue weighted by molar-refractivity contribution is 0.242. The summed E-state index contributed by atoms with van der Waals surface area (Å²) in [4.78, 5) is 1.37. The molecular formula is C25H31NO2S. The van der Waals surface area contributed by atoms with Crippen molar-refractivity contribution >= 4 is 11.3 Å². The van der Waals surface area contributed by atoms with Crippen molar-refractivity contribution in [2.45, 2.75) is 45.3 Å².